The molecule has 0 atom stereocenters. The van der Waals surface area contributed by atoms with Gasteiger partial charge in [0.15, 0.2) is 11.6 Å². The lowest BCUT2D eigenvalue weighted by Gasteiger charge is -2.10. The Morgan fingerprint density at radius 3 is 2.79 bits per heavy atom. The first kappa shape index (κ1) is 16.2. The van der Waals surface area contributed by atoms with E-state index in [-0.39, 0.29) is 23.5 Å². The third-order valence-corrected chi connectivity index (χ3v) is 3.60. The first-order chi connectivity index (χ1) is 11.5. The molecule has 0 aliphatic heterocycles. The molecule has 0 aliphatic rings. The Kier molecular flexibility index (Phi) is 4.35. The van der Waals surface area contributed by atoms with Gasteiger partial charge in [-0.05, 0) is 12.1 Å². The van der Waals surface area contributed by atoms with Gasteiger partial charge in [0.2, 0.25) is 0 Å². The summed E-state index contributed by atoms with van der Waals surface area (Å²) in [5.41, 5.74) is 0.426. The second-order valence-electron chi connectivity index (χ2n) is 4.98. The van der Waals surface area contributed by atoms with E-state index in [2.05, 4.69) is 10.3 Å². The van der Waals surface area contributed by atoms with Gasteiger partial charge in [0.25, 0.3) is 5.56 Å². The van der Waals surface area contributed by atoms with E-state index in [0.29, 0.717) is 16.4 Å². The summed E-state index contributed by atoms with van der Waals surface area (Å²) in [7, 11) is 1.25. The number of ether oxygens (including phenoxy) is 1. The van der Waals surface area contributed by atoms with Crippen molar-refractivity contribution in [2.24, 2.45) is 0 Å². The van der Waals surface area contributed by atoms with Gasteiger partial charge in [-0.2, -0.15) is 0 Å². The normalized spacial score (nSPS) is 10.8. The molecule has 2 heterocycles. The fourth-order valence-electron chi connectivity index (χ4n) is 2.22. The monoisotopic (exact) mass is 351 g/mol. The number of nitrogens with zero attached hydrogens (tertiary/aromatic N) is 2. The molecule has 0 amide bonds. The van der Waals surface area contributed by atoms with Gasteiger partial charge < -0.3 is 10.1 Å². The number of rotatable bonds is 4. The molecular formula is C16H12ClF2N3O2. The van der Waals surface area contributed by atoms with Crippen LogP contribution in [0.1, 0.15) is 5.69 Å². The van der Waals surface area contributed by atoms with E-state index in [9.17, 15) is 13.6 Å². The number of nitrogens with one attached hydrogen (secondary N) is 1. The summed E-state index contributed by atoms with van der Waals surface area (Å²) in [6.07, 6.45) is 1.46. The van der Waals surface area contributed by atoms with Crippen LogP contribution in [0.15, 0.2) is 41.3 Å². The van der Waals surface area contributed by atoms with Gasteiger partial charge in [-0.25, -0.2) is 13.8 Å². The van der Waals surface area contributed by atoms with E-state index in [1.54, 1.807) is 12.1 Å². The van der Waals surface area contributed by atoms with E-state index >= 15 is 0 Å². The quantitative estimate of drug-likeness (QED) is 0.784. The first-order valence-electron chi connectivity index (χ1n) is 6.92. The molecule has 2 aromatic heterocycles. The smallest absolute Gasteiger partial charge is 0.258 e. The molecule has 0 fully saturated rings. The van der Waals surface area contributed by atoms with Gasteiger partial charge in [-0.15, -0.1) is 0 Å². The number of pyridine rings is 1. The average Bonchev–Trinajstić information content (AvgIpc) is 2.56. The minimum absolute atomic E-state index is 0.0496. The van der Waals surface area contributed by atoms with E-state index in [4.69, 9.17) is 16.3 Å². The summed E-state index contributed by atoms with van der Waals surface area (Å²) in [5.74, 6) is -1.54. The number of hydrogen-bond acceptors (Lipinski definition) is 4. The highest BCUT2D eigenvalue weighted by atomic mass is 35.5. The van der Waals surface area contributed by atoms with Gasteiger partial charge in [-0.3, -0.25) is 9.20 Å². The number of methoxy groups -OCH3 is 1. The first-order valence-corrected chi connectivity index (χ1v) is 7.30. The Morgan fingerprint density at radius 2 is 2.04 bits per heavy atom. The van der Waals surface area contributed by atoms with Gasteiger partial charge in [-0.1, -0.05) is 11.6 Å². The van der Waals surface area contributed by atoms with Crippen molar-refractivity contribution in [3.05, 3.63) is 69.2 Å². The van der Waals surface area contributed by atoms with Gasteiger partial charge in [0.05, 0.1) is 30.1 Å². The second-order valence-corrected chi connectivity index (χ2v) is 5.42. The number of halogens is 3. The Hall–Kier alpha value is -2.67. The summed E-state index contributed by atoms with van der Waals surface area (Å²) in [6, 6.07) is 6.44. The number of hydrogen-bond donors (Lipinski definition) is 1. The van der Waals surface area contributed by atoms with Crippen LogP contribution >= 0.6 is 11.6 Å². The van der Waals surface area contributed by atoms with Crippen LogP contribution in [0.3, 0.4) is 0 Å². The van der Waals surface area contributed by atoms with E-state index in [1.165, 1.54) is 23.8 Å². The average molecular weight is 352 g/mol. The van der Waals surface area contributed by atoms with E-state index < -0.39 is 11.6 Å². The topological polar surface area (TPSA) is 55.6 Å². The molecule has 0 radical (unpaired) electrons. The van der Waals surface area contributed by atoms with Crippen molar-refractivity contribution < 1.29 is 13.5 Å². The standard InChI is InChI=1S/C16H12ClF2N3O2/c1-24-14-6-11(18)13(5-12(14)19)20-7-10-4-16(23)22-8-9(17)2-3-15(22)21-10/h2-6,8,20H,7H2,1H3. The van der Waals surface area contributed by atoms with Crippen LogP contribution in [0.2, 0.25) is 5.02 Å². The molecule has 5 nitrogen and oxygen atoms in total. The van der Waals surface area contributed by atoms with Crippen LogP contribution in [-0.2, 0) is 6.54 Å². The maximum Gasteiger partial charge on any atom is 0.258 e. The summed E-state index contributed by atoms with van der Waals surface area (Å²) >= 11 is 5.84. The molecule has 8 heteroatoms. The molecular weight excluding hydrogens is 340 g/mol. The van der Waals surface area contributed by atoms with Gasteiger partial charge in [0.1, 0.15) is 11.5 Å². The largest absolute Gasteiger partial charge is 0.494 e. The molecule has 1 N–H and O–H groups in total. The molecule has 0 saturated carbocycles. The third kappa shape index (κ3) is 3.16. The lowest BCUT2D eigenvalue weighted by Crippen LogP contribution is -2.17. The highest BCUT2D eigenvalue weighted by Gasteiger charge is 2.11. The van der Waals surface area contributed by atoms with E-state index in [0.717, 1.165) is 12.1 Å². The minimum Gasteiger partial charge on any atom is -0.494 e. The van der Waals surface area contributed by atoms with Gasteiger partial charge in [0, 0.05) is 24.4 Å². The minimum atomic E-state index is -0.692. The SMILES string of the molecule is COc1cc(F)c(NCc2cc(=O)n3cc(Cl)ccc3n2)cc1F. The Labute approximate surface area is 140 Å². The van der Waals surface area contributed by atoms with Crippen molar-refractivity contribution in [3.63, 3.8) is 0 Å². The number of anilines is 1. The lowest BCUT2D eigenvalue weighted by molar-refractivity contribution is 0.383. The summed E-state index contributed by atoms with van der Waals surface area (Å²) < 4.78 is 33.6. The van der Waals surface area contributed by atoms with Crippen LogP contribution < -0.4 is 15.6 Å². The van der Waals surface area contributed by atoms with Crippen LogP contribution in [0.4, 0.5) is 14.5 Å². The number of benzene rings is 1. The number of aromatic nitrogens is 2. The summed E-state index contributed by atoms with van der Waals surface area (Å²) in [5, 5.41) is 3.13. The maximum atomic E-state index is 13.9. The fraction of sp³-hybridized carbons (Fsp3) is 0.125. The zero-order chi connectivity index (χ0) is 17.3. The molecule has 0 unspecified atom stereocenters. The molecule has 0 spiro atoms. The van der Waals surface area contributed by atoms with Crippen molar-refractivity contribution >= 4 is 22.9 Å². The molecule has 24 heavy (non-hydrogen) atoms. The van der Waals surface area contributed by atoms with Crippen LogP contribution in [0, 0.1) is 11.6 Å². The van der Waals surface area contributed by atoms with E-state index in [1.807, 2.05) is 0 Å². The predicted octanol–water partition coefficient (Wildman–Crippen LogP) is 3.25. The second kappa shape index (κ2) is 6.45. The Morgan fingerprint density at radius 1 is 1.25 bits per heavy atom. The maximum absolute atomic E-state index is 13.9. The van der Waals surface area contributed by atoms with Gasteiger partial charge >= 0.3 is 0 Å². The highest BCUT2D eigenvalue weighted by Crippen LogP contribution is 2.24. The molecule has 0 saturated heterocycles. The molecule has 3 aromatic rings. The molecule has 3 rings (SSSR count). The van der Waals surface area contributed by atoms with Crippen LogP contribution in [0.5, 0.6) is 5.75 Å². The zero-order valence-electron chi connectivity index (χ0n) is 12.5. The molecule has 124 valence electrons. The van der Waals surface area contributed by atoms with Crippen molar-refractivity contribution in [1.29, 1.82) is 0 Å². The lowest BCUT2D eigenvalue weighted by atomic mass is 10.2. The predicted molar refractivity (Wildman–Crippen MR) is 86.7 cm³/mol. The van der Waals surface area contributed by atoms with Crippen LogP contribution in [-0.4, -0.2) is 16.5 Å². The summed E-state index contributed by atoms with van der Waals surface area (Å²) in [4.78, 5) is 16.3. The molecule has 0 bridgehead atoms. The molecule has 0 aliphatic carbocycles. The Balaban J connectivity index is 1.87. The molecule has 1 aromatic carbocycles. The van der Waals surface area contributed by atoms with Crippen molar-refractivity contribution in [3.8, 4) is 5.75 Å². The Bertz CT molecular complexity index is 975. The van der Waals surface area contributed by atoms with Crippen LogP contribution in [0.25, 0.3) is 5.65 Å². The third-order valence-electron chi connectivity index (χ3n) is 3.38. The number of fused-ring (bicyclic) bond motifs is 1. The van der Waals surface area contributed by atoms with Crippen molar-refractivity contribution in [2.45, 2.75) is 6.54 Å². The fourth-order valence-corrected chi connectivity index (χ4v) is 2.38. The zero-order valence-corrected chi connectivity index (χ0v) is 13.3. The highest BCUT2D eigenvalue weighted by molar-refractivity contribution is 6.30. The van der Waals surface area contributed by atoms with Crippen molar-refractivity contribution in [1.82, 2.24) is 9.38 Å². The summed E-state index contributed by atoms with van der Waals surface area (Å²) in [6.45, 7) is 0.0526. The van der Waals surface area contributed by atoms with Crippen molar-refractivity contribution in [2.75, 3.05) is 12.4 Å².